The fraction of sp³-hybridized carbons (Fsp3) is 0.200. The number of guanidine groups is 1. The largest absolute Gasteiger partial charge is 0.496 e. The van der Waals surface area contributed by atoms with E-state index >= 15 is 0 Å². The molecular weight excluding hydrogens is 404 g/mol. The number of ether oxygens (including phenoxy) is 3. The van der Waals surface area contributed by atoms with Crippen molar-refractivity contribution in [3.63, 3.8) is 0 Å². The van der Waals surface area contributed by atoms with Gasteiger partial charge in [0, 0.05) is 30.3 Å². The second-order valence-corrected chi connectivity index (χ2v) is 7.58. The van der Waals surface area contributed by atoms with Crippen molar-refractivity contribution in [1.29, 1.82) is 0 Å². The van der Waals surface area contributed by atoms with E-state index in [1.54, 1.807) is 20.4 Å². The monoisotopic (exact) mass is 428 g/mol. The maximum atomic E-state index is 6.23. The Morgan fingerprint density at radius 2 is 1.91 bits per heavy atom. The van der Waals surface area contributed by atoms with Gasteiger partial charge in [0.2, 0.25) is 0 Å². The molecule has 0 amide bonds. The highest BCUT2D eigenvalue weighted by Gasteiger charge is 2.31. The topological polar surface area (TPSA) is 91.0 Å². The highest BCUT2D eigenvalue weighted by molar-refractivity contribution is 5.94. The van der Waals surface area contributed by atoms with E-state index in [2.05, 4.69) is 34.6 Å². The number of pyridine rings is 1. The molecule has 0 bridgehead atoms. The van der Waals surface area contributed by atoms with Crippen LogP contribution in [0, 0.1) is 0 Å². The fourth-order valence-electron chi connectivity index (χ4n) is 4.20. The molecule has 2 aromatic carbocycles. The Morgan fingerprint density at radius 3 is 2.62 bits per heavy atom. The summed E-state index contributed by atoms with van der Waals surface area (Å²) in [6.45, 7) is 0.516. The summed E-state index contributed by atoms with van der Waals surface area (Å²) >= 11 is 0. The zero-order valence-electron chi connectivity index (χ0n) is 18.0. The molecule has 0 radical (unpaired) electrons. The third-order valence-corrected chi connectivity index (χ3v) is 5.73. The van der Waals surface area contributed by atoms with Crippen LogP contribution in [0.2, 0.25) is 0 Å². The number of aromatic nitrogens is 1. The number of nitrogens with two attached hydrogens (primary N) is 1. The van der Waals surface area contributed by atoms with Gasteiger partial charge in [-0.3, -0.25) is 4.98 Å². The predicted molar refractivity (Wildman–Crippen MR) is 124 cm³/mol. The molecule has 1 unspecified atom stereocenters. The smallest absolute Gasteiger partial charge is 0.194 e. The normalized spacial score (nSPS) is 17.2. The molecule has 3 heterocycles. The molecule has 3 N–H and O–H groups in total. The van der Waals surface area contributed by atoms with Crippen LogP contribution in [-0.2, 0) is 0 Å². The summed E-state index contributed by atoms with van der Waals surface area (Å²) in [5.74, 6) is 2.37. The molecule has 1 atom stereocenters. The Kier molecular flexibility index (Phi) is 5.15. The predicted octanol–water partition coefficient (Wildman–Crippen LogP) is 3.92. The lowest BCUT2D eigenvalue weighted by atomic mass is 9.91. The quantitative estimate of drug-likeness (QED) is 0.655. The standard InChI is InChI=1S/C25H24N4O3/c1-30-17-13-20(31-2)22-21(14-17)32-12-10-18-23(28-25(26)29-24(18)22)16-8-6-15(7-9-16)19-5-3-4-11-27-19/h3-9,11,13-14,23H,10,12H2,1-2H3,(H3,26,28,29). The van der Waals surface area contributed by atoms with Crippen molar-refractivity contribution < 1.29 is 14.2 Å². The minimum atomic E-state index is -0.217. The van der Waals surface area contributed by atoms with Gasteiger partial charge in [-0.15, -0.1) is 0 Å². The third-order valence-electron chi connectivity index (χ3n) is 5.73. The second-order valence-electron chi connectivity index (χ2n) is 7.58. The summed E-state index contributed by atoms with van der Waals surface area (Å²) in [7, 11) is 3.25. The molecule has 5 rings (SSSR count). The van der Waals surface area contributed by atoms with Gasteiger partial charge in [0.15, 0.2) is 5.96 Å². The van der Waals surface area contributed by atoms with Crippen LogP contribution in [0.4, 0.5) is 0 Å². The van der Waals surface area contributed by atoms with Crippen LogP contribution in [0.25, 0.3) is 17.0 Å². The van der Waals surface area contributed by atoms with E-state index in [1.807, 2.05) is 30.3 Å². The van der Waals surface area contributed by atoms with Crippen molar-refractivity contribution >= 4 is 11.7 Å². The first-order chi connectivity index (χ1) is 15.7. The first-order valence-corrected chi connectivity index (χ1v) is 10.4. The second kappa shape index (κ2) is 8.26. The van der Waals surface area contributed by atoms with Gasteiger partial charge in [0.05, 0.1) is 37.8 Å². The van der Waals surface area contributed by atoms with Crippen molar-refractivity contribution in [1.82, 2.24) is 10.3 Å². The minimum absolute atomic E-state index is 0.217. The fourth-order valence-corrected chi connectivity index (χ4v) is 4.20. The summed E-state index contributed by atoms with van der Waals surface area (Å²) < 4.78 is 17.2. The van der Waals surface area contributed by atoms with Gasteiger partial charge in [0.1, 0.15) is 23.3 Å². The van der Waals surface area contributed by atoms with Crippen molar-refractivity contribution in [2.45, 2.75) is 12.5 Å². The average molecular weight is 428 g/mol. The Labute approximate surface area is 186 Å². The van der Waals surface area contributed by atoms with Gasteiger partial charge < -0.3 is 25.3 Å². The summed E-state index contributed by atoms with van der Waals surface area (Å²) in [4.78, 5) is 9.16. The molecule has 0 fully saturated rings. The Morgan fingerprint density at radius 1 is 1.06 bits per heavy atom. The molecular formula is C25H24N4O3. The van der Waals surface area contributed by atoms with Crippen LogP contribution in [0.15, 0.2) is 71.4 Å². The van der Waals surface area contributed by atoms with E-state index in [1.165, 1.54) is 0 Å². The van der Waals surface area contributed by atoms with Crippen LogP contribution in [-0.4, -0.2) is 31.8 Å². The van der Waals surface area contributed by atoms with E-state index < -0.39 is 0 Å². The number of aliphatic imine (C=N–C) groups is 1. The van der Waals surface area contributed by atoms with Gasteiger partial charge in [0.25, 0.3) is 0 Å². The lowest BCUT2D eigenvalue weighted by Gasteiger charge is -2.27. The number of rotatable bonds is 4. The zero-order chi connectivity index (χ0) is 22.1. The van der Waals surface area contributed by atoms with E-state index in [-0.39, 0.29) is 6.04 Å². The number of nitrogens with one attached hydrogen (secondary N) is 1. The van der Waals surface area contributed by atoms with Gasteiger partial charge in [-0.05, 0) is 23.3 Å². The summed E-state index contributed by atoms with van der Waals surface area (Å²) in [6, 6.07) is 17.7. The Balaban J connectivity index is 1.59. The number of hydrogen-bond acceptors (Lipinski definition) is 7. The molecule has 7 nitrogen and oxygen atoms in total. The molecule has 0 aliphatic carbocycles. The molecule has 162 valence electrons. The average Bonchev–Trinajstić information content (AvgIpc) is 3.03. The summed E-state index contributed by atoms with van der Waals surface area (Å²) in [5.41, 5.74) is 12.1. The molecule has 2 aliphatic heterocycles. The van der Waals surface area contributed by atoms with E-state index in [4.69, 9.17) is 24.9 Å². The van der Waals surface area contributed by atoms with Crippen LogP contribution in [0.3, 0.4) is 0 Å². The van der Waals surface area contributed by atoms with Gasteiger partial charge in [-0.1, -0.05) is 30.3 Å². The van der Waals surface area contributed by atoms with E-state index in [9.17, 15) is 0 Å². The molecule has 32 heavy (non-hydrogen) atoms. The maximum absolute atomic E-state index is 6.23. The molecule has 7 heteroatoms. The Hall–Kier alpha value is -4.00. The Bertz CT molecular complexity index is 1200. The van der Waals surface area contributed by atoms with Crippen LogP contribution >= 0.6 is 0 Å². The summed E-state index contributed by atoms with van der Waals surface area (Å²) in [6.07, 6.45) is 2.50. The highest BCUT2D eigenvalue weighted by Crippen LogP contribution is 2.45. The van der Waals surface area contributed by atoms with E-state index in [0.717, 1.165) is 33.7 Å². The molecule has 2 aliphatic rings. The number of fused-ring (bicyclic) bond motifs is 2. The van der Waals surface area contributed by atoms with Gasteiger partial charge in [-0.25, -0.2) is 4.99 Å². The van der Waals surface area contributed by atoms with E-state index in [0.29, 0.717) is 36.2 Å². The number of nitrogens with zero attached hydrogens (tertiary/aromatic N) is 2. The first kappa shape index (κ1) is 19.9. The molecule has 3 aromatic rings. The number of benzene rings is 2. The molecule has 0 saturated heterocycles. The maximum Gasteiger partial charge on any atom is 0.194 e. The number of methoxy groups -OCH3 is 2. The zero-order valence-corrected chi connectivity index (χ0v) is 18.0. The van der Waals surface area contributed by atoms with Gasteiger partial charge >= 0.3 is 0 Å². The molecule has 0 spiro atoms. The van der Waals surface area contributed by atoms with Crippen LogP contribution in [0.5, 0.6) is 17.2 Å². The van der Waals surface area contributed by atoms with Crippen LogP contribution < -0.4 is 25.3 Å². The summed E-state index contributed by atoms with van der Waals surface area (Å²) in [5, 5.41) is 3.26. The van der Waals surface area contributed by atoms with Crippen molar-refractivity contribution in [3.8, 4) is 28.5 Å². The third kappa shape index (κ3) is 3.51. The van der Waals surface area contributed by atoms with Crippen molar-refractivity contribution in [2.24, 2.45) is 10.7 Å². The molecule has 1 aromatic heterocycles. The first-order valence-electron chi connectivity index (χ1n) is 10.4. The van der Waals surface area contributed by atoms with Crippen LogP contribution in [0.1, 0.15) is 23.6 Å². The molecule has 0 saturated carbocycles. The highest BCUT2D eigenvalue weighted by atomic mass is 16.5. The minimum Gasteiger partial charge on any atom is -0.496 e. The van der Waals surface area contributed by atoms with Gasteiger partial charge in [-0.2, -0.15) is 0 Å². The van der Waals surface area contributed by atoms with Crippen molar-refractivity contribution in [3.05, 3.63) is 77.5 Å². The van der Waals surface area contributed by atoms with Crippen molar-refractivity contribution in [2.75, 3.05) is 20.8 Å². The lowest BCUT2D eigenvalue weighted by Crippen LogP contribution is -2.35. The lowest BCUT2D eigenvalue weighted by molar-refractivity contribution is 0.315. The number of hydrogen-bond donors (Lipinski definition) is 2. The SMILES string of the molecule is COc1cc(OC)c2c(c1)OCCC1=C2NC(N)=NC1c1ccc(-c2ccccn2)cc1.